The van der Waals surface area contributed by atoms with Gasteiger partial charge in [-0.1, -0.05) is 50.2 Å². The third kappa shape index (κ3) is 5.61. The molecule has 2 saturated heterocycles. The van der Waals surface area contributed by atoms with Gasteiger partial charge in [0.15, 0.2) is 0 Å². The number of aromatic nitrogens is 1. The number of hydrogen-bond acceptors (Lipinski definition) is 4. The summed E-state index contributed by atoms with van der Waals surface area (Å²) in [6.07, 6.45) is 5.44. The average Bonchev–Trinajstić information content (AvgIpc) is 3.13. The van der Waals surface area contributed by atoms with Crippen LogP contribution in [0, 0.1) is 11.3 Å². The van der Waals surface area contributed by atoms with E-state index in [-0.39, 0.29) is 23.3 Å². The number of benzene rings is 1. The summed E-state index contributed by atoms with van der Waals surface area (Å²) in [6, 6.07) is 16.1. The fraction of sp³-hybridized carbons (Fsp3) is 0.519. The first-order valence-electron chi connectivity index (χ1n) is 12.2. The van der Waals surface area contributed by atoms with E-state index in [0.29, 0.717) is 12.5 Å². The van der Waals surface area contributed by atoms with Crippen LogP contribution in [0.3, 0.4) is 0 Å². The van der Waals surface area contributed by atoms with E-state index in [0.717, 1.165) is 63.1 Å². The predicted octanol–water partition coefficient (Wildman–Crippen LogP) is 3.80. The van der Waals surface area contributed by atoms with Crippen molar-refractivity contribution in [3.8, 4) is 0 Å². The molecule has 0 aliphatic carbocycles. The summed E-state index contributed by atoms with van der Waals surface area (Å²) in [5, 5.41) is 3.22. The van der Waals surface area contributed by atoms with E-state index in [4.69, 9.17) is 0 Å². The number of likely N-dealkylation sites (tertiary alicyclic amines) is 2. The van der Waals surface area contributed by atoms with Crippen LogP contribution in [0.4, 0.5) is 0 Å². The molecule has 0 saturated carbocycles. The molecule has 2 aromatic rings. The second-order valence-corrected chi connectivity index (χ2v) is 9.83. The quantitative estimate of drug-likeness (QED) is 0.667. The second-order valence-electron chi connectivity index (χ2n) is 9.83. The molecule has 176 valence electrons. The predicted molar refractivity (Wildman–Crippen MR) is 129 cm³/mol. The number of nitrogens with zero attached hydrogens (tertiary/aromatic N) is 3. The van der Waals surface area contributed by atoms with Crippen molar-refractivity contribution in [3.63, 3.8) is 0 Å². The van der Waals surface area contributed by atoms with Gasteiger partial charge in [0, 0.05) is 25.2 Å². The van der Waals surface area contributed by atoms with Crippen LogP contribution in [-0.2, 0) is 16.1 Å². The maximum atomic E-state index is 13.3. The first kappa shape index (κ1) is 23.4. The lowest BCUT2D eigenvalue weighted by Crippen LogP contribution is -2.45. The molecular weight excluding hydrogens is 412 g/mol. The fourth-order valence-corrected chi connectivity index (χ4v) is 5.06. The van der Waals surface area contributed by atoms with Crippen LogP contribution >= 0.6 is 0 Å². The van der Waals surface area contributed by atoms with Crippen molar-refractivity contribution in [2.24, 2.45) is 11.3 Å². The highest BCUT2D eigenvalue weighted by Crippen LogP contribution is 2.42. The summed E-state index contributed by atoms with van der Waals surface area (Å²) in [5.74, 6) is 0.360. The average molecular weight is 449 g/mol. The molecular formula is C27H36N4O2. The first-order chi connectivity index (χ1) is 16.0. The smallest absolute Gasteiger partial charge is 0.229 e. The Labute approximate surface area is 197 Å². The summed E-state index contributed by atoms with van der Waals surface area (Å²) >= 11 is 0. The van der Waals surface area contributed by atoms with Gasteiger partial charge in [0.2, 0.25) is 11.8 Å². The van der Waals surface area contributed by atoms with E-state index in [1.54, 1.807) is 6.20 Å². The molecule has 6 heteroatoms. The van der Waals surface area contributed by atoms with E-state index in [1.165, 1.54) is 0 Å². The third-order valence-electron chi connectivity index (χ3n) is 7.27. The van der Waals surface area contributed by atoms with Crippen molar-refractivity contribution in [2.75, 3.05) is 26.2 Å². The molecule has 6 nitrogen and oxygen atoms in total. The molecule has 0 unspecified atom stereocenters. The number of amides is 2. The maximum Gasteiger partial charge on any atom is 0.229 e. The molecule has 2 amide bonds. The van der Waals surface area contributed by atoms with Gasteiger partial charge in [-0.3, -0.25) is 14.6 Å². The van der Waals surface area contributed by atoms with Gasteiger partial charge in [-0.25, -0.2) is 0 Å². The molecule has 0 radical (unpaired) electrons. The molecule has 33 heavy (non-hydrogen) atoms. The number of carbonyl (C=O) groups excluding carboxylic acids is 2. The molecule has 1 atom stereocenters. The minimum atomic E-state index is -0.198. The van der Waals surface area contributed by atoms with Gasteiger partial charge in [0.25, 0.3) is 0 Å². The standard InChI is InChI=1S/C27H36N4O2/c1-21(2)25(32)29-24(22-8-4-3-5-9-22)11-16-30-17-12-27(13-18-30)14-19-31(26(27)33)20-23-10-6-7-15-28-23/h3-10,15,21,24H,11-14,16-20H2,1-2H3,(H,29,32)/t24-/m0/s1. The number of rotatable bonds is 8. The molecule has 0 bridgehead atoms. The summed E-state index contributed by atoms with van der Waals surface area (Å²) in [7, 11) is 0. The highest BCUT2D eigenvalue weighted by Gasteiger charge is 2.47. The molecule has 1 aromatic carbocycles. The largest absolute Gasteiger partial charge is 0.349 e. The number of piperidine rings is 1. The van der Waals surface area contributed by atoms with Gasteiger partial charge in [-0.15, -0.1) is 0 Å². The molecule has 4 rings (SSSR count). The Kier molecular flexibility index (Phi) is 7.43. The lowest BCUT2D eigenvalue weighted by molar-refractivity contribution is -0.139. The lowest BCUT2D eigenvalue weighted by atomic mass is 9.77. The molecule has 2 aliphatic heterocycles. The second kappa shape index (κ2) is 10.5. The zero-order chi connectivity index (χ0) is 23.3. The summed E-state index contributed by atoms with van der Waals surface area (Å²) < 4.78 is 0. The van der Waals surface area contributed by atoms with Gasteiger partial charge in [-0.2, -0.15) is 0 Å². The molecule has 2 aliphatic rings. The van der Waals surface area contributed by atoms with Crippen molar-refractivity contribution in [1.29, 1.82) is 0 Å². The van der Waals surface area contributed by atoms with Crippen molar-refractivity contribution in [3.05, 3.63) is 66.0 Å². The molecule has 1 spiro atoms. The monoisotopic (exact) mass is 448 g/mol. The van der Waals surface area contributed by atoms with Crippen molar-refractivity contribution < 1.29 is 9.59 Å². The number of nitrogens with one attached hydrogen (secondary N) is 1. The van der Waals surface area contributed by atoms with E-state index in [1.807, 2.05) is 55.1 Å². The van der Waals surface area contributed by atoms with Crippen molar-refractivity contribution >= 4 is 11.8 Å². The Morgan fingerprint density at radius 2 is 1.73 bits per heavy atom. The van der Waals surface area contributed by atoms with Gasteiger partial charge >= 0.3 is 0 Å². The number of pyridine rings is 1. The minimum Gasteiger partial charge on any atom is -0.349 e. The Balaban J connectivity index is 1.31. The minimum absolute atomic E-state index is 0.0129. The van der Waals surface area contributed by atoms with Gasteiger partial charge in [0.05, 0.1) is 23.7 Å². The Morgan fingerprint density at radius 1 is 1.03 bits per heavy atom. The normalized spacial score (nSPS) is 19.2. The molecule has 1 N–H and O–H groups in total. The van der Waals surface area contributed by atoms with Gasteiger partial charge < -0.3 is 15.1 Å². The first-order valence-corrected chi connectivity index (χ1v) is 12.2. The Bertz CT molecular complexity index is 924. The van der Waals surface area contributed by atoms with Crippen LogP contribution in [0.1, 0.15) is 56.8 Å². The lowest BCUT2D eigenvalue weighted by Gasteiger charge is -2.38. The zero-order valence-electron chi connectivity index (χ0n) is 19.9. The zero-order valence-corrected chi connectivity index (χ0v) is 19.9. The van der Waals surface area contributed by atoms with Crippen LogP contribution in [0.15, 0.2) is 54.7 Å². The summed E-state index contributed by atoms with van der Waals surface area (Å²) in [5.41, 5.74) is 1.91. The van der Waals surface area contributed by atoms with Crippen LogP contribution in [0.2, 0.25) is 0 Å². The van der Waals surface area contributed by atoms with E-state index in [9.17, 15) is 9.59 Å². The van der Waals surface area contributed by atoms with Gasteiger partial charge in [0.1, 0.15) is 0 Å². The van der Waals surface area contributed by atoms with Crippen molar-refractivity contribution in [1.82, 2.24) is 20.1 Å². The van der Waals surface area contributed by atoms with Crippen LogP contribution in [0.25, 0.3) is 0 Å². The van der Waals surface area contributed by atoms with E-state index < -0.39 is 0 Å². The van der Waals surface area contributed by atoms with Crippen LogP contribution in [0.5, 0.6) is 0 Å². The van der Waals surface area contributed by atoms with Crippen molar-refractivity contribution in [2.45, 2.75) is 52.1 Å². The topological polar surface area (TPSA) is 65.5 Å². The summed E-state index contributed by atoms with van der Waals surface area (Å²) in [6.45, 7) is 8.08. The third-order valence-corrected chi connectivity index (χ3v) is 7.27. The highest BCUT2D eigenvalue weighted by molar-refractivity contribution is 5.85. The Hall–Kier alpha value is -2.73. The Morgan fingerprint density at radius 3 is 2.39 bits per heavy atom. The number of carbonyl (C=O) groups is 2. The SMILES string of the molecule is CC(C)C(=O)N[C@@H](CCN1CCC2(CC1)CCN(Cc1ccccn1)C2=O)c1ccccc1. The fourth-order valence-electron chi connectivity index (χ4n) is 5.06. The highest BCUT2D eigenvalue weighted by atomic mass is 16.2. The van der Waals surface area contributed by atoms with E-state index in [2.05, 4.69) is 27.3 Å². The van der Waals surface area contributed by atoms with Crippen LogP contribution in [-0.4, -0.2) is 52.8 Å². The van der Waals surface area contributed by atoms with Gasteiger partial charge in [-0.05, 0) is 56.5 Å². The molecule has 3 heterocycles. The molecule has 1 aromatic heterocycles. The van der Waals surface area contributed by atoms with Crippen LogP contribution < -0.4 is 5.32 Å². The molecule has 2 fully saturated rings. The van der Waals surface area contributed by atoms with E-state index >= 15 is 0 Å². The summed E-state index contributed by atoms with van der Waals surface area (Å²) in [4.78, 5) is 34.5. The maximum absolute atomic E-state index is 13.3. The number of hydrogen-bond donors (Lipinski definition) is 1.